The number of pyridine rings is 1. The third-order valence-corrected chi connectivity index (χ3v) is 7.01. The maximum absolute atomic E-state index is 13.4. The molecule has 7 nitrogen and oxygen atoms in total. The lowest BCUT2D eigenvalue weighted by atomic mass is 9.94. The summed E-state index contributed by atoms with van der Waals surface area (Å²) < 4.78 is 1.92. The minimum atomic E-state index is -0.279. The van der Waals surface area contributed by atoms with Crippen LogP contribution in [0.5, 0.6) is 0 Å². The fourth-order valence-electron chi connectivity index (χ4n) is 4.60. The van der Waals surface area contributed by atoms with E-state index in [1.165, 1.54) is 17.5 Å². The number of aryl methyl sites for hydroxylation is 2. The fraction of sp³-hybridized carbons (Fsp3) is 0.583. The van der Waals surface area contributed by atoms with Crippen molar-refractivity contribution in [3.05, 3.63) is 51.1 Å². The van der Waals surface area contributed by atoms with E-state index in [9.17, 15) is 4.79 Å². The van der Waals surface area contributed by atoms with Gasteiger partial charge in [-0.1, -0.05) is 13.8 Å². The SMILES string of the molecule is CCC(C)(C)n1nnnc1[C@H](c1cc2cc(C)c(C)cc2[nH]c1=O)N1CCC[C@H](C)C1. The van der Waals surface area contributed by atoms with Crippen LogP contribution in [-0.4, -0.2) is 43.2 Å². The van der Waals surface area contributed by atoms with Gasteiger partial charge in [0.2, 0.25) is 0 Å². The highest BCUT2D eigenvalue weighted by atomic mass is 16.1. The molecule has 1 aliphatic heterocycles. The van der Waals surface area contributed by atoms with E-state index in [4.69, 9.17) is 0 Å². The summed E-state index contributed by atoms with van der Waals surface area (Å²) in [5.41, 5.74) is 3.67. The molecule has 3 heterocycles. The van der Waals surface area contributed by atoms with Crippen molar-refractivity contribution in [2.45, 2.75) is 72.4 Å². The lowest BCUT2D eigenvalue weighted by molar-refractivity contribution is 0.135. The molecule has 1 aliphatic rings. The van der Waals surface area contributed by atoms with Gasteiger partial charge in [-0.25, -0.2) is 4.68 Å². The molecular formula is C24H34N6O. The van der Waals surface area contributed by atoms with Gasteiger partial charge >= 0.3 is 0 Å². The maximum Gasteiger partial charge on any atom is 0.253 e. The Kier molecular flexibility index (Phi) is 5.73. The molecule has 1 aromatic carbocycles. The molecule has 0 amide bonds. The van der Waals surface area contributed by atoms with Gasteiger partial charge in [0.1, 0.15) is 6.04 Å². The smallest absolute Gasteiger partial charge is 0.253 e. The molecule has 0 aliphatic carbocycles. The van der Waals surface area contributed by atoms with Crippen LogP contribution in [0, 0.1) is 19.8 Å². The summed E-state index contributed by atoms with van der Waals surface area (Å²) in [6.07, 6.45) is 3.21. The van der Waals surface area contributed by atoms with Gasteiger partial charge in [0.05, 0.1) is 5.54 Å². The predicted molar refractivity (Wildman–Crippen MR) is 123 cm³/mol. The van der Waals surface area contributed by atoms with Gasteiger partial charge in [-0.15, -0.1) is 5.10 Å². The number of fused-ring (bicyclic) bond motifs is 1. The molecule has 7 heteroatoms. The molecular weight excluding hydrogens is 388 g/mol. The van der Waals surface area contributed by atoms with E-state index in [0.717, 1.165) is 42.7 Å². The molecule has 2 atom stereocenters. The standard InChI is InChI=1S/C24H34N6O/c1-7-24(5,6)30-22(26-27-28-30)21(29-10-8-9-15(2)14-29)19-13-18-11-16(3)17(4)12-20(18)25-23(19)31/h11-13,15,21H,7-10,14H2,1-6H3,(H,25,31)/t15-,21-/m0/s1. The number of rotatable bonds is 5. The van der Waals surface area contributed by atoms with E-state index in [0.29, 0.717) is 11.5 Å². The van der Waals surface area contributed by atoms with Crippen molar-refractivity contribution in [1.82, 2.24) is 30.1 Å². The third kappa shape index (κ3) is 4.03. The van der Waals surface area contributed by atoms with Crippen LogP contribution in [0.1, 0.15) is 75.5 Å². The molecule has 166 valence electrons. The van der Waals surface area contributed by atoms with Crippen LogP contribution in [0.4, 0.5) is 0 Å². The average molecular weight is 423 g/mol. The summed E-state index contributed by atoms with van der Waals surface area (Å²) in [5, 5.41) is 13.9. The summed E-state index contributed by atoms with van der Waals surface area (Å²) >= 11 is 0. The second kappa shape index (κ2) is 8.19. The topological polar surface area (TPSA) is 79.7 Å². The molecule has 31 heavy (non-hydrogen) atoms. The lowest BCUT2D eigenvalue weighted by Crippen LogP contribution is -2.42. The Morgan fingerprint density at radius 1 is 1.23 bits per heavy atom. The molecule has 0 saturated carbocycles. The Labute approximate surface area is 183 Å². The summed E-state index contributed by atoms with van der Waals surface area (Å²) in [6.45, 7) is 14.7. The zero-order valence-electron chi connectivity index (χ0n) is 19.6. The number of nitrogens with one attached hydrogen (secondary N) is 1. The zero-order valence-corrected chi connectivity index (χ0v) is 19.6. The molecule has 1 N–H and O–H groups in total. The molecule has 2 aromatic heterocycles. The van der Waals surface area contributed by atoms with Gasteiger partial charge in [-0.3, -0.25) is 9.69 Å². The van der Waals surface area contributed by atoms with Crippen molar-refractivity contribution in [1.29, 1.82) is 0 Å². The van der Waals surface area contributed by atoms with Crippen molar-refractivity contribution >= 4 is 10.9 Å². The Bertz CT molecular complexity index is 1140. The van der Waals surface area contributed by atoms with Crippen molar-refractivity contribution in [3.63, 3.8) is 0 Å². The van der Waals surface area contributed by atoms with Gasteiger partial charge in [-0.2, -0.15) is 0 Å². The largest absolute Gasteiger partial charge is 0.322 e. The molecule has 0 unspecified atom stereocenters. The van der Waals surface area contributed by atoms with Crippen LogP contribution in [0.15, 0.2) is 23.0 Å². The number of nitrogens with zero attached hydrogens (tertiary/aromatic N) is 5. The predicted octanol–water partition coefficient (Wildman–Crippen LogP) is 4.10. The first-order valence-electron chi connectivity index (χ1n) is 11.4. The zero-order chi connectivity index (χ0) is 22.3. The second-order valence-corrected chi connectivity index (χ2v) is 9.84. The first-order valence-corrected chi connectivity index (χ1v) is 11.4. The summed E-state index contributed by atoms with van der Waals surface area (Å²) in [5.74, 6) is 1.32. The van der Waals surface area contributed by atoms with Crippen molar-refractivity contribution in [2.75, 3.05) is 13.1 Å². The molecule has 4 rings (SSSR count). The van der Waals surface area contributed by atoms with Crippen LogP contribution in [-0.2, 0) is 5.54 Å². The number of H-pyrrole nitrogens is 1. The molecule has 1 saturated heterocycles. The molecule has 1 fully saturated rings. The quantitative estimate of drug-likeness (QED) is 0.670. The summed E-state index contributed by atoms with van der Waals surface area (Å²) in [6, 6.07) is 5.97. The Morgan fingerprint density at radius 2 is 1.97 bits per heavy atom. The van der Waals surface area contributed by atoms with E-state index in [-0.39, 0.29) is 17.1 Å². The van der Waals surface area contributed by atoms with Crippen LogP contribution in [0.25, 0.3) is 10.9 Å². The van der Waals surface area contributed by atoms with Gasteiger partial charge in [0.15, 0.2) is 5.82 Å². The number of piperidine rings is 1. The van der Waals surface area contributed by atoms with Crippen molar-refractivity contribution in [3.8, 4) is 0 Å². The van der Waals surface area contributed by atoms with E-state index in [1.54, 1.807) is 0 Å². The van der Waals surface area contributed by atoms with Gasteiger partial charge in [-0.05, 0) is 105 Å². The van der Waals surface area contributed by atoms with E-state index in [2.05, 4.69) is 79.1 Å². The number of hydrogen-bond acceptors (Lipinski definition) is 5. The van der Waals surface area contributed by atoms with E-state index in [1.807, 2.05) is 10.7 Å². The highest BCUT2D eigenvalue weighted by Gasteiger charge is 2.35. The minimum Gasteiger partial charge on any atom is -0.322 e. The highest BCUT2D eigenvalue weighted by Crippen LogP contribution is 2.33. The second-order valence-electron chi connectivity index (χ2n) is 9.84. The van der Waals surface area contributed by atoms with Gasteiger partial charge in [0, 0.05) is 17.6 Å². The lowest BCUT2D eigenvalue weighted by Gasteiger charge is -2.37. The third-order valence-electron chi connectivity index (χ3n) is 7.01. The van der Waals surface area contributed by atoms with Crippen LogP contribution >= 0.6 is 0 Å². The maximum atomic E-state index is 13.4. The van der Waals surface area contributed by atoms with Gasteiger partial charge in [0.25, 0.3) is 5.56 Å². The molecule has 0 radical (unpaired) electrons. The Balaban J connectivity index is 1.92. The summed E-state index contributed by atoms with van der Waals surface area (Å²) in [4.78, 5) is 18.9. The number of likely N-dealkylation sites (tertiary alicyclic amines) is 1. The number of aromatic amines is 1. The first-order chi connectivity index (χ1) is 14.7. The molecule has 0 bridgehead atoms. The van der Waals surface area contributed by atoms with Gasteiger partial charge < -0.3 is 4.98 Å². The Morgan fingerprint density at radius 3 is 2.68 bits per heavy atom. The number of tetrazole rings is 1. The molecule has 0 spiro atoms. The fourth-order valence-corrected chi connectivity index (χ4v) is 4.60. The first kappa shape index (κ1) is 21.7. The van der Waals surface area contributed by atoms with Crippen LogP contribution in [0.2, 0.25) is 0 Å². The van der Waals surface area contributed by atoms with E-state index < -0.39 is 0 Å². The van der Waals surface area contributed by atoms with Crippen LogP contribution < -0.4 is 5.56 Å². The van der Waals surface area contributed by atoms with Crippen molar-refractivity contribution < 1.29 is 0 Å². The van der Waals surface area contributed by atoms with Crippen LogP contribution in [0.3, 0.4) is 0 Å². The monoisotopic (exact) mass is 422 g/mol. The van der Waals surface area contributed by atoms with Crippen molar-refractivity contribution in [2.24, 2.45) is 5.92 Å². The number of hydrogen-bond donors (Lipinski definition) is 1. The Hall–Kier alpha value is -2.54. The normalized spacial score (nSPS) is 19.1. The van der Waals surface area contributed by atoms with E-state index >= 15 is 0 Å². The highest BCUT2D eigenvalue weighted by molar-refractivity contribution is 5.81. The average Bonchev–Trinajstić information content (AvgIpc) is 3.21. The number of aromatic nitrogens is 5. The number of benzene rings is 1. The molecule has 3 aromatic rings. The summed E-state index contributed by atoms with van der Waals surface area (Å²) in [7, 11) is 0. The minimum absolute atomic E-state index is 0.0668.